The number of aromatic amines is 1. The fourth-order valence-corrected chi connectivity index (χ4v) is 3.07. The quantitative estimate of drug-likeness (QED) is 0.811. The Hall–Kier alpha value is -1.77. The van der Waals surface area contributed by atoms with Crippen LogP contribution in [0.1, 0.15) is 49.4 Å². The third kappa shape index (κ3) is 2.37. The van der Waals surface area contributed by atoms with E-state index in [1.54, 1.807) is 6.92 Å². The number of fused-ring (bicyclic) bond motifs is 1. The summed E-state index contributed by atoms with van der Waals surface area (Å²) in [5.41, 5.74) is 1.84. The van der Waals surface area contributed by atoms with Gasteiger partial charge in [0.15, 0.2) is 5.78 Å². The van der Waals surface area contributed by atoms with Crippen LogP contribution in [-0.2, 0) is 0 Å². The number of benzene rings is 1. The Kier molecular flexibility index (Phi) is 3.28. The van der Waals surface area contributed by atoms with Gasteiger partial charge >= 0.3 is 0 Å². The monoisotopic (exact) mass is 256 g/mol. The van der Waals surface area contributed by atoms with E-state index < -0.39 is 0 Å². The van der Waals surface area contributed by atoms with Crippen LogP contribution in [0.25, 0.3) is 10.9 Å². The zero-order chi connectivity index (χ0) is 13.2. The van der Waals surface area contributed by atoms with E-state index in [-0.39, 0.29) is 5.78 Å². The lowest BCUT2D eigenvalue weighted by atomic mass is 9.95. The molecule has 100 valence electrons. The Labute approximate surface area is 113 Å². The maximum atomic E-state index is 11.9. The van der Waals surface area contributed by atoms with Crippen molar-refractivity contribution in [3.05, 3.63) is 29.8 Å². The molecule has 0 spiro atoms. The molecule has 2 aromatic rings. The molecule has 0 unspecified atom stereocenters. The highest BCUT2D eigenvalue weighted by atomic mass is 16.1. The molecule has 3 heteroatoms. The van der Waals surface area contributed by atoms with Crippen LogP contribution in [-0.4, -0.2) is 16.8 Å². The average Bonchev–Trinajstić information content (AvgIpc) is 2.77. The highest BCUT2D eigenvalue weighted by Gasteiger charge is 2.19. The number of nitrogens with one attached hydrogen (secondary N) is 2. The van der Waals surface area contributed by atoms with Crippen LogP contribution in [0, 0.1) is 0 Å². The first-order chi connectivity index (χ1) is 9.25. The van der Waals surface area contributed by atoms with Gasteiger partial charge in [0, 0.05) is 16.9 Å². The first kappa shape index (κ1) is 12.3. The van der Waals surface area contributed by atoms with Gasteiger partial charge in [0.1, 0.15) is 5.82 Å². The molecule has 1 saturated carbocycles. The number of carbonyl (C=O) groups excluding carboxylic acids is 1. The van der Waals surface area contributed by atoms with E-state index in [9.17, 15) is 4.79 Å². The Bertz CT molecular complexity index is 594. The van der Waals surface area contributed by atoms with Crippen LogP contribution >= 0.6 is 0 Å². The molecule has 0 atom stereocenters. The molecule has 0 radical (unpaired) electrons. The summed E-state index contributed by atoms with van der Waals surface area (Å²) in [5.74, 6) is 1.02. The molecule has 1 fully saturated rings. The van der Waals surface area contributed by atoms with Gasteiger partial charge in [0.25, 0.3) is 0 Å². The molecule has 0 bridgehead atoms. The summed E-state index contributed by atoms with van der Waals surface area (Å²) in [7, 11) is 0. The van der Waals surface area contributed by atoms with Crippen LogP contribution in [0.4, 0.5) is 5.82 Å². The minimum atomic E-state index is 0.121. The van der Waals surface area contributed by atoms with Gasteiger partial charge in [-0.05, 0) is 25.8 Å². The first-order valence-corrected chi connectivity index (χ1v) is 7.14. The Balaban J connectivity index is 1.97. The van der Waals surface area contributed by atoms with E-state index in [0.717, 1.165) is 22.3 Å². The van der Waals surface area contributed by atoms with E-state index in [4.69, 9.17) is 0 Å². The number of anilines is 1. The molecule has 2 N–H and O–H groups in total. The SMILES string of the molecule is CC(=O)c1c(NC2CCCCC2)[nH]c2ccccc12. The molecule has 0 saturated heterocycles. The molecule has 0 aliphatic heterocycles. The van der Waals surface area contributed by atoms with Crippen molar-refractivity contribution in [2.75, 3.05) is 5.32 Å². The van der Waals surface area contributed by atoms with Gasteiger partial charge in [-0.25, -0.2) is 0 Å². The molecule has 19 heavy (non-hydrogen) atoms. The van der Waals surface area contributed by atoms with E-state index in [0.29, 0.717) is 6.04 Å². The number of Topliss-reactive ketones (excluding diaryl/α,β-unsaturated/α-hetero) is 1. The summed E-state index contributed by atoms with van der Waals surface area (Å²) in [5, 5.41) is 4.57. The fourth-order valence-electron chi connectivity index (χ4n) is 3.07. The number of ketones is 1. The zero-order valence-electron chi connectivity index (χ0n) is 11.3. The lowest BCUT2D eigenvalue weighted by Crippen LogP contribution is -2.23. The summed E-state index contributed by atoms with van der Waals surface area (Å²) < 4.78 is 0. The predicted octanol–water partition coefficient (Wildman–Crippen LogP) is 4.12. The van der Waals surface area contributed by atoms with Crippen LogP contribution < -0.4 is 5.32 Å². The fraction of sp³-hybridized carbons (Fsp3) is 0.438. The maximum Gasteiger partial charge on any atom is 0.164 e. The van der Waals surface area contributed by atoms with Crippen molar-refractivity contribution < 1.29 is 4.79 Å². The molecule has 0 amide bonds. The topological polar surface area (TPSA) is 44.9 Å². The van der Waals surface area contributed by atoms with E-state index >= 15 is 0 Å². The Morgan fingerprint density at radius 3 is 2.68 bits per heavy atom. The summed E-state index contributed by atoms with van der Waals surface area (Å²) in [4.78, 5) is 15.3. The molecule has 1 aromatic heterocycles. The van der Waals surface area contributed by atoms with Crippen molar-refractivity contribution >= 4 is 22.5 Å². The molecular weight excluding hydrogens is 236 g/mol. The van der Waals surface area contributed by atoms with Gasteiger partial charge < -0.3 is 10.3 Å². The summed E-state index contributed by atoms with van der Waals surface area (Å²) in [6, 6.07) is 8.50. The van der Waals surface area contributed by atoms with Crippen molar-refractivity contribution in [1.29, 1.82) is 0 Å². The van der Waals surface area contributed by atoms with E-state index in [2.05, 4.69) is 10.3 Å². The van der Waals surface area contributed by atoms with Crippen LogP contribution in [0.15, 0.2) is 24.3 Å². The molecule has 1 aromatic carbocycles. The van der Waals surface area contributed by atoms with Crippen LogP contribution in [0.3, 0.4) is 0 Å². The average molecular weight is 256 g/mol. The second-order valence-corrected chi connectivity index (χ2v) is 5.46. The van der Waals surface area contributed by atoms with E-state index in [1.807, 2.05) is 24.3 Å². The van der Waals surface area contributed by atoms with Gasteiger partial charge in [-0.2, -0.15) is 0 Å². The van der Waals surface area contributed by atoms with Crippen molar-refractivity contribution in [2.24, 2.45) is 0 Å². The second-order valence-electron chi connectivity index (χ2n) is 5.46. The van der Waals surface area contributed by atoms with Gasteiger partial charge in [0.2, 0.25) is 0 Å². The molecule has 3 nitrogen and oxygen atoms in total. The molecular formula is C16H20N2O. The smallest absolute Gasteiger partial charge is 0.164 e. The molecule has 3 rings (SSSR count). The summed E-state index contributed by atoms with van der Waals surface area (Å²) in [6.45, 7) is 1.64. The predicted molar refractivity (Wildman–Crippen MR) is 78.8 cm³/mol. The number of carbonyl (C=O) groups is 1. The highest BCUT2D eigenvalue weighted by Crippen LogP contribution is 2.29. The van der Waals surface area contributed by atoms with Crippen molar-refractivity contribution in [3.63, 3.8) is 0 Å². The lowest BCUT2D eigenvalue weighted by Gasteiger charge is -2.23. The van der Waals surface area contributed by atoms with Gasteiger partial charge in [-0.1, -0.05) is 37.5 Å². The van der Waals surface area contributed by atoms with Crippen molar-refractivity contribution in [1.82, 2.24) is 4.98 Å². The Morgan fingerprint density at radius 1 is 1.21 bits per heavy atom. The standard InChI is InChI=1S/C16H20N2O/c1-11(19)15-13-9-5-6-10-14(13)18-16(15)17-12-7-3-2-4-8-12/h5-6,9-10,12,17-18H,2-4,7-8H2,1H3. The lowest BCUT2D eigenvalue weighted by molar-refractivity contribution is 0.102. The normalized spacial score (nSPS) is 16.7. The van der Waals surface area contributed by atoms with Crippen molar-refractivity contribution in [3.8, 4) is 0 Å². The number of para-hydroxylation sites is 1. The number of aromatic nitrogens is 1. The number of rotatable bonds is 3. The van der Waals surface area contributed by atoms with Gasteiger partial charge in [0.05, 0.1) is 5.56 Å². The molecule has 1 aliphatic rings. The minimum absolute atomic E-state index is 0.121. The van der Waals surface area contributed by atoms with Crippen LogP contribution in [0.2, 0.25) is 0 Å². The third-order valence-corrected chi connectivity index (χ3v) is 4.01. The summed E-state index contributed by atoms with van der Waals surface area (Å²) >= 11 is 0. The first-order valence-electron chi connectivity index (χ1n) is 7.14. The van der Waals surface area contributed by atoms with E-state index in [1.165, 1.54) is 32.1 Å². The van der Waals surface area contributed by atoms with Crippen molar-refractivity contribution in [2.45, 2.75) is 45.1 Å². The second kappa shape index (κ2) is 5.08. The minimum Gasteiger partial charge on any atom is -0.368 e. The molecule has 1 heterocycles. The maximum absolute atomic E-state index is 11.9. The van der Waals surface area contributed by atoms with Gasteiger partial charge in [-0.3, -0.25) is 4.79 Å². The number of hydrogen-bond donors (Lipinski definition) is 2. The van der Waals surface area contributed by atoms with Crippen LogP contribution in [0.5, 0.6) is 0 Å². The highest BCUT2D eigenvalue weighted by molar-refractivity contribution is 6.11. The molecule has 1 aliphatic carbocycles. The third-order valence-electron chi connectivity index (χ3n) is 4.01. The Morgan fingerprint density at radius 2 is 1.95 bits per heavy atom. The number of H-pyrrole nitrogens is 1. The summed E-state index contributed by atoms with van der Waals surface area (Å²) in [6.07, 6.45) is 6.31. The number of hydrogen-bond acceptors (Lipinski definition) is 2. The largest absolute Gasteiger partial charge is 0.368 e. The van der Waals surface area contributed by atoms with Gasteiger partial charge in [-0.15, -0.1) is 0 Å². The zero-order valence-corrected chi connectivity index (χ0v) is 11.3.